The van der Waals surface area contributed by atoms with Crippen molar-refractivity contribution in [2.45, 2.75) is 45.4 Å². The maximum absolute atomic E-state index is 12.5. The van der Waals surface area contributed by atoms with Crippen molar-refractivity contribution in [2.24, 2.45) is 5.41 Å². The van der Waals surface area contributed by atoms with Crippen molar-refractivity contribution in [3.8, 4) is 0 Å². The number of ketones is 3. The summed E-state index contributed by atoms with van der Waals surface area (Å²) in [5, 5.41) is 0. The highest BCUT2D eigenvalue weighted by atomic mass is 127. The van der Waals surface area contributed by atoms with Crippen molar-refractivity contribution in [1.82, 2.24) is 0 Å². The third-order valence-electron chi connectivity index (χ3n) is 4.23. The molecule has 0 aromatic heterocycles. The summed E-state index contributed by atoms with van der Waals surface area (Å²) in [7, 11) is 0. The normalized spacial score (nSPS) is 17.8. The van der Waals surface area contributed by atoms with E-state index in [1.165, 1.54) is 6.92 Å². The van der Waals surface area contributed by atoms with E-state index < -0.39 is 5.41 Å². The summed E-state index contributed by atoms with van der Waals surface area (Å²) in [6, 6.07) is 7.81. The molecule has 0 unspecified atom stereocenters. The highest BCUT2D eigenvalue weighted by Gasteiger charge is 2.46. The van der Waals surface area contributed by atoms with Crippen LogP contribution in [-0.2, 0) is 20.8 Å². The van der Waals surface area contributed by atoms with Gasteiger partial charge in [0.05, 0.1) is 5.41 Å². The van der Waals surface area contributed by atoms with Crippen LogP contribution < -0.4 is 0 Å². The van der Waals surface area contributed by atoms with Gasteiger partial charge in [0, 0.05) is 22.8 Å². The molecule has 1 aromatic carbocycles. The van der Waals surface area contributed by atoms with E-state index in [4.69, 9.17) is 0 Å². The number of halogens is 1. The van der Waals surface area contributed by atoms with Crippen molar-refractivity contribution in [1.29, 1.82) is 0 Å². The number of Topliss-reactive ketones (excluding diaryl/α,β-unsaturated/α-hetero) is 3. The summed E-state index contributed by atoms with van der Waals surface area (Å²) >= 11 is 2.23. The zero-order valence-corrected chi connectivity index (χ0v) is 14.3. The van der Waals surface area contributed by atoms with Crippen LogP contribution in [0.15, 0.2) is 24.3 Å². The fourth-order valence-electron chi connectivity index (χ4n) is 2.96. The van der Waals surface area contributed by atoms with Gasteiger partial charge < -0.3 is 4.79 Å². The molecule has 1 aromatic rings. The van der Waals surface area contributed by atoms with Gasteiger partial charge in [-0.1, -0.05) is 18.2 Å². The van der Waals surface area contributed by atoms with Crippen molar-refractivity contribution < 1.29 is 14.4 Å². The minimum absolute atomic E-state index is 0.0136. The molecule has 3 nitrogen and oxygen atoms in total. The van der Waals surface area contributed by atoms with Crippen LogP contribution in [0.5, 0.6) is 0 Å². The molecule has 0 amide bonds. The number of hydrogen-bond acceptors (Lipinski definition) is 3. The van der Waals surface area contributed by atoms with Crippen molar-refractivity contribution in [3.63, 3.8) is 0 Å². The van der Waals surface area contributed by atoms with Crippen LogP contribution in [0.2, 0.25) is 0 Å². The van der Waals surface area contributed by atoms with Gasteiger partial charge in [-0.25, -0.2) is 0 Å². The second-order valence-electron chi connectivity index (χ2n) is 5.75. The van der Waals surface area contributed by atoms with E-state index >= 15 is 0 Å². The fourth-order valence-corrected chi connectivity index (χ4v) is 3.54. The maximum Gasteiger partial charge on any atom is 0.146 e. The Morgan fingerprint density at radius 3 is 2.38 bits per heavy atom. The SMILES string of the molecule is CC(=O)CCC1(Cc2ccccc2I)C(=O)CCCC1=O. The first-order valence-corrected chi connectivity index (χ1v) is 8.33. The van der Waals surface area contributed by atoms with Crippen molar-refractivity contribution in [2.75, 3.05) is 0 Å². The minimum atomic E-state index is -0.981. The van der Waals surface area contributed by atoms with Gasteiger partial charge >= 0.3 is 0 Å². The van der Waals surface area contributed by atoms with E-state index in [0.717, 1.165) is 9.13 Å². The Labute approximate surface area is 138 Å². The third-order valence-corrected chi connectivity index (χ3v) is 5.28. The molecule has 1 saturated carbocycles. The van der Waals surface area contributed by atoms with Gasteiger partial charge in [0.25, 0.3) is 0 Å². The Morgan fingerprint density at radius 1 is 1.19 bits per heavy atom. The molecule has 0 N–H and O–H groups in total. The summed E-state index contributed by atoms with van der Waals surface area (Å²) in [6.07, 6.45) is 2.62. The largest absolute Gasteiger partial charge is 0.300 e. The highest BCUT2D eigenvalue weighted by Crippen LogP contribution is 2.38. The summed E-state index contributed by atoms with van der Waals surface area (Å²) in [5.41, 5.74) is 0.0378. The van der Waals surface area contributed by atoms with E-state index in [9.17, 15) is 14.4 Å². The Kier molecular flexibility index (Phi) is 5.30. The Hall–Kier alpha value is -1.04. The van der Waals surface area contributed by atoms with Crippen LogP contribution in [0.3, 0.4) is 0 Å². The molecular formula is C17H19IO3. The summed E-state index contributed by atoms with van der Waals surface area (Å²) in [4.78, 5) is 36.4. The first-order chi connectivity index (χ1) is 9.95. The third kappa shape index (κ3) is 3.59. The second kappa shape index (κ2) is 6.81. The number of rotatable bonds is 5. The second-order valence-corrected chi connectivity index (χ2v) is 6.91. The molecular weight excluding hydrogens is 379 g/mol. The molecule has 112 valence electrons. The lowest BCUT2D eigenvalue weighted by Crippen LogP contribution is -2.44. The smallest absolute Gasteiger partial charge is 0.146 e. The highest BCUT2D eigenvalue weighted by molar-refractivity contribution is 14.1. The lowest BCUT2D eigenvalue weighted by atomic mass is 9.65. The number of hydrogen-bond donors (Lipinski definition) is 0. The monoisotopic (exact) mass is 398 g/mol. The van der Waals surface area contributed by atoms with Crippen molar-refractivity contribution >= 4 is 39.9 Å². The summed E-state index contributed by atoms with van der Waals surface area (Å²) < 4.78 is 1.06. The fraction of sp³-hybridized carbons (Fsp3) is 0.471. The average molecular weight is 398 g/mol. The van der Waals surface area contributed by atoms with Crippen molar-refractivity contribution in [3.05, 3.63) is 33.4 Å². The molecule has 0 aliphatic heterocycles. The van der Waals surface area contributed by atoms with Gasteiger partial charge in [-0.3, -0.25) is 9.59 Å². The first-order valence-electron chi connectivity index (χ1n) is 7.25. The lowest BCUT2D eigenvalue weighted by molar-refractivity contribution is -0.144. The summed E-state index contributed by atoms with van der Waals surface area (Å²) in [6.45, 7) is 1.51. The van der Waals surface area contributed by atoms with E-state index in [1.807, 2.05) is 24.3 Å². The number of carbonyl (C=O) groups excluding carboxylic acids is 3. The predicted octanol–water partition coefficient (Wildman–Crippen LogP) is 3.51. The molecule has 0 atom stereocenters. The lowest BCUT2D eigenvalue weighted by Gasteiger charge is -2.34. The molecule has 1 aliphatic carbocycles. The van der Waals surface area contributed by atoms with Gasteiger partial charge in [0.15, 0.2) is 0 Å². The average Bonchev–Trinajstić information content (AvgIpc) is 2.44. The summed E-state index contributed by atoms with van der Waals surface area (Å²) in [5.74, 6) is 0.0580. The standard InChI is InChI=1S/C17H19IO3/c1-12(19)9-10-17(15(20)7-4-8-16(17)21)11-13-5-2-3-6-14(13)18/h2-3,5-6H,4,7-11H2,1H3. The molecule has 0 heterocycles. The number of benzene rings is 1. The van der Waals surface area contributed by atoms with Crippen LogP contribution in [0.25, 0.3) is 0 Å². The molecule has 1 fully saturated rings. The van der Waals surface area contributed by atoms with Gasteiger partial charge in [0.1, 0.15) is 17.3 Å². The molecule has 0 radical (unpaired) electrons. The Balaban J connectivity index is 2.35. The molecule has 0 spiro atoms. The van der Waals surface area contributed by atoms with Crippen LogP contribution in [0.4, 0.5) is 0 Å². The predicted molar refractivity (Wildman–Crippen MR) is 89.1 cm³/mol. The molecule has 0 saturated heterocycles. The Morgan fingerprint density at radius 2 is 1.81 bits per heavy atom. The van der Waals surface area contributed by atoms with Crippen LogP contribution >= 0.6 is 22.6 Å². The van der Waals surface area contributed by atoms with E-state index in [2.05, 4.69) is 22.6 Å². The zero-order chi connectivity index (χ0) is 15.5. The molecule has 0 bridgehead atoms. The van der Waals surface area contributed by atoms with Crippen LogP contribution in [0.1, 0.15) is 44.6 Å². The van der Waals surface area contributed by atoms with Crippen LogP contribution in [0, 0.1) is 8.99 Å². The van der Waals surface area contributed by atoms with E-state index in [1.54, 1.807) is 0 Å². The quantitative estimate of drug-likeness (QED) is 0.564. The molecule has 21 heavy (non-hydrogen) atoms. The topological polar surface area (TPSA) is 51.2 Å². The van der Waals surface area contributed by atoms with Gasteiger partial charge in [0.2, 0.25) is 0 Å². The van der Waals surface area contributed by atoms with Gasteiger partial charge in [-0.05, 0) is 60.4 Å². The number of carbonyl (C=O) groups is 3. The van der Waals surface area contributed by atoms with E-state index in [-0.39, 0.29) is 17.3 Å². The minimum Gasteiger partial charge on any atom is -0.300 e. The van der Waals surface area contributed by atoms with Gasteiger partial charge in [-0.15, -0.1) is 0 Å². The first kappa shape index (κ1) is 16.3. The van der Waals surface area contributed by atoms with E-state index in [0.29, 0.717) is 38.5 Å². The maximum atomic E-state index is 12.5. The van der Waals surface area contributed by atoms with Crippen LogP contribution in [-0.4, -0.2) is 17.3 Å². The molecule has 2 rings (SSSR count). The molecule has 1 aliphatic rings. The Bertz CT molecular complexity index is 561. The van der Waals surface area contributed by atoms with Gasteiger partial charge in [-0.2, -0.15) is 0 Å². The zero-order valence-electron chi connectivity index (χ0n) is 12.2. The molecule has 4 heteroatoms.